The Labute approximate surface area is 74.6 Å². The second-order valence-electron chi connectivity index (χ2n) is 3.28. The molecule has 0 aromatic heterocycles. The SMILES string of the molecule is CO[C@@H]1[C@H]2OC[C@](O)(O2)[C@@H](O)[C@@H]1O. The summed E-state index contributed by atoms with van der Waals surface area (Å²) < 4.78 is 14.9. The molecule has 5 atom stereocenters. The zero-order valence-corrected chi connectivity index (χ0v) is 7.08. The van der Waals surface area contributed by atoms with Gasteiger partial charge in [-0.1, -0.05) is 0 Å². The van der Waals surface area contributed by atoms with Crippen LogP contribution < -0.4 is 0 Å². The summed E-state index contributed by atoms with van der Waals surface area (Å²) >= 11 is 0. The molecule has 6 heteroatoms. The van der Waals surface area contributed by atoms with Crippen LogP contribution in [-0.4, -0.2) is 59.4 Å². The quantitative estimate of drug-likeness (QED) is 0.437. The number of rotatable bonds is 1. The summed E-state index contributed by atoms with van der Waals surface area (Å²) in [7, 11) is 1.37. The molecule has 3 N–H and O–H groups in total. The lowest BCUT2D eigenvalue weighted by atomic mass is 9.98. The highest BCUT2D eigenvalue weighted by Gasteiger charge is 2.58. The van der Waals surface area contributed by atoms with E-state index in [0.29, 0.717) is 0 Å². The summed E-state index contributed by atoms with van der Waals surface area (Å²) in [4.78, 5) is 0. The van der Waals surface area contributed by atoms with Gasteiger partial charge in [0.15, 0.2) is 6.29 Å². The molecule has 0 aromatic rings. The van der Waals surface area contributed by atoms with Crippen molar-refractivity contribution in [1.82, 2.24) is 0 Å². The molecule has 0 unspecified atom stereocenters. The molecule has 0 saturated carbocycles. The second-order valence-corrected chi connectivity index (χ2v) is 3.28. The Balaban J connectivity index is 2.23. The highest BCUT2D eigenvalue weighted by Crippen LogP contribution is 2.35. The van der Waals surface area contributed by atoms with Crippen molar-refractivity contribution in [2.75, 3.05) is 13.7 Å². The van der Waals surface area contributed by atoms with E-state index in [-0.39, 0.29) is 6.61 Å². The number of methoxy groups -OCH3 is 1. The lowest BCUT2D eigenvalue weighted by Gasteiger charge is -2.38. The third-order valence-electron chi connectivity index (χ3n) is 2.44. The summed E-state index contributed by atoms with van der Waals surface area (Å²) in [6, 6.07) is 0. The van der Waals surface area contributed by atoms with Crippen molar-refractivity contribution < 1.29 is 29.5 Å². The van der Waals surface area contributed by atoms with Crippen LogP contribution in [0.3, 0.4) is 0 Å². The zero-order valence-electron chi connectivity index (χ0n) is 7.08. The summed E-state index contributed by atoms with van der Waals surface area (Å²) in [6.07, 6.45) is -4.18. The molecule has 6 nitrogen and oxygen atoms in total. The predicted molar refractivity (Wildman–Crippen MR) is 38.6 cm³/mol. The number of aliphatic hydroxyl groups is 3. The Bertz CT molecular complexity index is 207. The van der Waals surface area contributed by atoms with Crippen LogP contribution >= 0.6 is 0 Å². The Kier molecular flexibility index (Phi) is 2.06. The van der Waals surface area contributed by atoms with Gasteiger partial charge in [0.05, 0.1) is 0 Å². The lowest BCUT2D eigenvalue weighted by Crippen LogP contribution is -2.61. The Morgan fingerprint density at radius 3 is 2.77 bits per heavy atom. The molecule has 76 valence electrons. The second kappa shape index (κ2) is 2.88. The summed E-state index contributed by atoms with van der Waals surface area (Å²) in [5.74, 6) is -1.79. The van der Waals surface area contributed by atoms with Crippen molar-refractivity contribution in [3.63, 3.8) is 0 Å². The molecule has 2 heterocycles. The molecule has 2 aliphatic heterocycles. The minimum Gasteiger partial charge on any atom is -0.387 e. The van der Waals surface area contributed by atoms with Crippen molar-refractivity contribution in [2.45, 2.75) is 30.4 Å². The molecule has 2 saturated heterocycles. The van der Waals surface area contributed by atoms with Crippen molar-refractivity contribution >= 4 is 0 Å². The van der Waals surface area contributed by atoms with Gasteiger partial charge in [-0.3, -0.25) is 0 Å². The van der Waals surface area contributed by atoms with E-state index in [4.69, 9.17) is 14.2 Å². The molecule has 2 aliphatic rings. The maximum Gasteiger partial charge on any atom is 0.221 e. The van der Waals surface area contributed by atoms with Gasteiger partial charge in [-0.25, -0.2) is 0 Å². The van der Waals surface area contributed by atoms with Crippen LogP contribution in [0.25, 0.3) is 0 Å². The van der Waals surface area contributed by atoms with Crippen LogP contribution in [0.2, 0.25) is 0 Å². The number of ether oxygens (including phenoxy) is 3. The Hall–Kier alpha value is -0.240. The number of aliphatic hydroxyl groups excluding tert-OH is 2. The van der Waals surface area contributed by atoms with Crippen LogP contribution in [0.4, 0.5) is 0 Å². The molecule has 0 amide bonds. The standard InChI is InChI=1S/C7H12O6/c1-11-4-3(8)5(9)7(10)2-12-6(4)13-7/h3-6,8-10H,2H2,1H3/t3-,4+,5+,6+,7+/m1/s1. The van der Waals surface area contributed by atoms with Crippen LogP contribution in [-0.2, 0) is 14.2 Å². The zero-order chi connectivity index (χ0) is 9.64. The Morgan fingerprint density at radius 1 is 1.46 bits per heavy atom. The maximum atomic E-state index is 9.56. The van der Waals surface area contributed by atoms with E-state index in [1.54, 1.807) is 0 Å². The van der Waals surface area contributed by atoms with Crippen LogP contribution in [0.1, 0.15) is 0 Å². The predicted octanol–water partition coefficient (Wildman–Crippen LogP) is -2.20. The molecule has 2 fully saturated rings. The van der Waals surface area contributed by atoms with E-state index in [0.717, 1.165) is 0 Å². The molecule has 0 spiro atoms. The van der Waals surface area contributed by atoms with Crippen molar-refractivity contribution in [3.05, 3.63) is 0 Å². The minimum absolute atomic E-state index is 0.157. The van der Waals surface area contributed by atoms with E-state index >= 15 is 0 Å². The molecule has 0 radical (unpaired) electrons. The van der Waals surface area contributed by atoms with Crippen molar-refractivity contribution in [2.24, 2.45) is 0 Å². The Morgan fingerprint density at radius 2 is 2.15 bits per heavy atom. The van der Waals surface area contributed by atoms with E-state index < -0.39 is 30.4 Å². The molecule has 0 aromatic carbocycles. The number of hydrogen-bond acceptors (Lipinski definition) is 6. The first-order chi connectivity index (χ1) is 6.08. The van der Waals surface area contributed by atoms with Gasteiger partial charge in [0.1, 0.15) is 24.9 Å². The first kappa shape index (κ1) is 9.32. The van der Waals surface area contributed by atoms with Gasteiger partial charge >= 0.3 is 0 Å². The first-order valence-corrected chi connectivity index (χ1v) is 3.99. The minimum atomic E-state index is -1.79. The van der Waals surface area contributed by atoms with E-state index in [2.05, 4.69) is 0 Å². The van der Waals surface area contributed by atoms with Gasteiger partial charge in [0.25, 0.3) is 0 Å². The monoisotopic (exact) mass is 192 g/mol. The average molecular weight is 192 g/mol. The van der Waals surface area contributed by atoms with Crippen LogP contribution in [0, 0.1) is 0 Å². The molecule has 13 heavy (non-hydrogen) atoms. The highest BCUT2D eigenvalue weighted by molar-refractivity contribution is 4.97. The summed E-state index contributed by atoms with van der Waals surface area (Å²) in [5.41, 5.74) is 0. The first-order valence-electron chi connectivity index (χ1n) is 3.99. The largest absolute Gasteiger partial charge is 0.387 e. The summed E-state index contributed by atoms with van der Waals surface area (Å²) in [6.45, 7) is -0.157. The fourth-order valence-corrected chi connectivity index (χ4v) is 1.65. The van der Waals surface area contributed by atoms with Crippen LogP contribution in [0.15, 0.2) is 0 Å². The fourth-order valence-electron chi connectivity index (χ4n) is 1.65. The third-order valence-corrected chi connectivity index (χ3v) is 2.44. The lowest BCUT2D eigenvalue weighted by molar-refractivity contribution is -0.324. The van der Waals surface area contributed by atoms with Crippen LogP contribution in [0.5, 0.6) is 0 Å². The van der Waals surface area contributed by atoms with Gasteiger partial charge in [0, 0.05) is 7.11 Å². The summed E-state index contributed by atoms with van der Waals surface area (Å²) in [5, 5.41) is 28.5. The molecule has 2 bridgehead atoms. The average Bonchev–Trinajstić information content (AvgIpc) is 2.45. The van der Waals surface area contributed by atoms with E-state index in [1.807, 2.05) is 0 Å². The van der Waals surface area contributed by atoms with Gasteiger partial charge in [0.2, 0.25) is 5.79 Å². The normalized spacial score (nSPS) is 55.4. The molecule has 2 rings (SSSR count). The highest BCUT2D eigenvalue weighted by atomic mass is 16.8. The van der Waals surface area contributed by atoms with Gasteiger partial charge < -0.3 is 29.5 Å². The van der Waals surface area contributed by atoms with Gasteiger partial charge in [-0.15, -0.1) is 0 Å². The fraction of sp³-hybridized carbons (Fsp3) is 1.00. The third kappa shape index (κ3) is 1.18. The molecular formula is C7H12O6. The van der Waals surface area contributed by atoms with Gasteiger partial charge in [-0.05, 0) is 0 Å². The smallest absolute Gasteiger partial charge is 0.221 e. The molecular weight excluding hydrogens is 180 g/mol. The van der Waals surface area contributed by atoms with Crippen molar-refractivity contribution in [1.29, 1.82) is 0 Å². The van der Waals surface area contributed by atoms with E-state index in [1.165, 1.54) is 7.11 Å². The molecule has 0 aliphatic carbocycles. The number of fused-ring (bicyclic) bond motifs is 2. The number of hydrogen-bond donors (Lipinski definition) is 3. The van der Waals surface area contributed by atoms with Crippen molar-refractivity contribution in [3.8, 4) is 0 Å². The topological polar surface area (TPSA) is 88.4 Å². The van der Waals surface area contributed by atoms with Gasteiger partial charge in [-0.2, -0.15) is 0 Å². The maximum absolute atomic E-state index is 9.56. The van der Waals surface area contributed by atoms with E-state index in [9.17, 15) is 15.3 Å².